The molecule has 1 aromatic heterocycles. The normalized spacial score (nSPS) is 36.6. The summed E-state index contributed by atoms with van der Waals surface area (Å²) in [5.74, 6) is 0.725. The molecule has 224 valence electrons. The number of carbonyl (C=O) groups excluding carboxylic acids is 1. The van der Waals surface area contributed by atoms with E-state index in [2.05, 4.69) is 36.4 Å². The van der Waals surface area contributed by atoms with Crippen molar-refractivity contribution >= 4 is 22.7 Å². The number of methoxy groups -OCH3 is 1. The summed E-state index contributed by atoms with van der Waals surface area (Å²) in [6.45, 7) is 8.86. The number of anilines is 1. The summed E-state index contributed by atoms with van der Waals surface area (Å²) in [7, 11) is 1.66. The summed E-state index contributed by atoms with van der Waals surface area (Å²) < 4.78 is 24.0. The van der Waals surface area contributed by atoms with Crippen LogP contribution in [0, 0.1) is 23.7 Å². The lowest BCUT2D eigenvalue weighted by atomic mass is 9.58. The van der Waals surface area contributed by atoms with E-state index in [1.165, 1.54) is 0 Å². The smallest absolute Gasteiger partial charge is 0.409 e. The molecule has 2 bridgehead atoms. The average Bonchev–Trinajstić information content (AvgIpc) is 3.19. The van der Waals surface area contributed by atoms with Gasteiger partial charge in [0.1, 0.15) is 5.75 Å². The van der Waals surface area contributed by atoms with Crippen molar-refractivity contribution in [3.63, 3.8) is 0 Å². The lowest BCUT2D eigenvalue weighted by Crippen LogP contribution is -2.70. The Hall–Kier alpha value is -2.66. The lowest BCUT2D eigenvalue weighted by Gasteiger charge is -2.59. The van der Waals surface area contributed by atoms with Gasteiger partial charge in [-0.25, -0.2) is 14.6 Å². The number of alkyl carbamates (subject to hydrolysis) is 1. The second-order valence-corrected chi connectivity index (χ2v) is 12.5. The SMILES string of the molecule is COc1cc(NC(C)CCCNC(=O)OC2O[C@@H]3O[C@]4(C)CC[C@H]5[C@H](C)CC[C@@H]([C@H]2C)C35OO4)c2ncccc2c1. The zero-order chi connectivity index (χ0) is 28.8. The monoisotopic (exact) mass is 569 g/mol. The standard InChI is InChI=1S/C31H43N3O7/c1-18-10-11-24-20(3)27(37-28-31(24)23(18)12-13-30(4,39-28)40-41-31)38-29(35)33-15-6-8-19(2)34-25-17-22(36-5)16-21-9-7-14-32-26(21)25/h7,9,14,16-20,23-24,27-28,34H,6,8,10-13,15H2,1-5H3,(H,33,35)/t18-,19?,20-,23+,24+,27?,28-,30+,31?/m1/s1. The molecule has 4 saturated heterocycles. The van der Waals surface area contributed by atoms with Gasteiger partial charge in [0, 0.05) is 48.5 Å². The molecule has 10 heteroatoms. The molecule has 1 aromatic carbocycles. The first-order chi connectivity index (χ1) is 19.7. The van der Waals surface area contributed by atoms with Gasteiger partial charge >= 0.3 is 6.09 Å². The highest BCUT2D eigenvalue weighted by molar-refractivity contribution is 5.91. The topological polar surface area (TPSA) is 109 Å². The first kappa shape index (κ1) is 28.5. The van der Waals surface area contributed by atoms with Gasteiger partial charge < -0.3 is 29.6 Å². The number of hydrogen-bond acceptors (Lipinski definition) is 9. The fraction of sp³-hybridized carbons (Fsp3) is 0.677. The Kier molecular flexibility index (Phi) is 7.78. The molecule has 7 rings (SSSR count). The van der Waals surface area contributed by atoms with Crippen LogP contribution in [-0.2, 0) is 24.0 Å². The van der Waals surface area contributed by atoms with Crippen LogP contribution in [0.25, 0.3) is 10.9 Å². The van der Waals surface area contributed by atoms with Gasteiger partial charge in [-0.15, -0.1) is 0 Å². The van der Waals surface area contributed by atoms with Gasteiger partial charge in [0.25, 0.3) is 0 Å². The van der Waals surface area contributed by atoms with Crippen molar-refractivity contribution in [2.24, 2.45) is 23.7 Å². The highest BCUT2D eigenvalue weighted by Gasteiger charge is 2.69. The molecule has 1 saturated carbocycles. The largest absolute Gasteiger partial charge is 0.497 e. The fourth-order valence-corrected chi connectivity index (χ4v) is 7.48. The third-order valence-electron chi connectivity index (χ3n) is 9.72. The van der Waals surface area contributed by atoms with Gasteiger partial charge in [0.05, 0.1) is 18.3 Å². The number of benzene rings is 1. The third kappa shape index (κ3) is 5.24. The first-order valence-corrected chi connectivity index (χ1v) is 15.1. The summed E-state index contributed by atoms with van der Waals surface area (Å²) in [4.78, 5) is 29.4. The Morgan fingerprint density at radius 3 is 2.88 bits per heavy atom. The van der Waals surface area contributed by atoms with Gasteiger partial charge in [-0.05, 0) is 69.9 Å². The molecule has 1 amide bonds. The van der Waals surface area contributed by atoms with Crippen LogP contribution in [0.3, 0.4) is 0 Å². The molecule has 4 aliphatic heterocycles. The molecule has 41 heavy (non-hydrogen) atoms. The summed E-state index contributed by atoms with van der Waals surface area (Å²) >= 11 is 0. The minimum Gasteiger partial charge on any atom is -0.497 e. The molecule has 0 radical (unpaired) electrons. The maximum atomic E-state index is 12.8. The van der Waals surface area contributed by atoms with Crippen LogP contribution in [0.2, 0.25) is 0 Å². The molecule has 1 spiro atoms. The molecule has 2 N–H and O–H groups in total. The number of rotatable bonds is 8. The summed E-state index contributed by atoms with van der Waals surface area (Å²) in [6, 6.07) is 8.04. The average molecular weight is 570 g/mol. The molecule has 10 nitrogen and oxygen atoms in total. The van der Waals surface area contributed by atoms with E-state index in [9.17, 15) is 4.79 Å². The highest BCUT2D eigenvalue weighted by atomic mass is 17.3. The van der Waals surface area contributed by atoms with Gasteiger partial charge in [-0.2, -0.15) is 0 Å². The third-order valence-corrected chi connectivity index (χ3v) is 9.72. The van der Waals surface area contributed by atoms with Gasteiger partial charge in [0.2, 0.25) is 12.1 Å². The maximum Gasteiger partial charge on any atom is 0.409 e. The predicted octanol–water partition coefficient (Wildman–Crippen LogP) is 5.76. The number of nitrogens with zero attached hydrogens (tertiary/aromatic N) is 1. The predicted molar refractivity (Wildman–Crippen MR) is 152 cm³/mol. The summed E-state index contributed by atoms with van der Waals surface area (Å²) in [5.41, 5.74) is 1.16. The number of amides is 1. The van der Waals surface area contributed by atoms with Crippen LogP contribution in [0.4, 0.5) is 10.5 Å². The second-order valence-electron chi connectivity index (χ2n) is 12.5. The number of aromatic nitrogens is 1. The molecule has 5 heterocycles. The van der Waals surface area contributed by atoms with Crippen molar-refractivity contribution in [3.05, 3.63) is 30.5 Å². The Labute approximate surface area is 241 Å². The number of fused-ring (bicyclic) bond motifs is 3. The van der Waals surface area contributed by atoms with Crippen molar-refractivity contribution in [1.82, 2.24) is 10.3 Å². The van der Waals surface area contributed by atoms with E-state index in [1.807, 2.05) is 31.2 Å². The molecule has 3 unspecified atom stereocenters. The van der Waals surface area contributed by atoms with Crippen LogP contribution in [0.1, 0.15) is 66.2 Å². The van der Waals surface area contributed by atoms with E-state index in [4.69, 9.17) is 28.7 Å². The van der Waals surface area contributed by atoms with E-state index in [-0.39, 0.29) is 23.8 Å². The van der Waals surface area contributed by atoms with Crippen molar-refractivity contribution < 1.29 is 33.5 Å². The van der Waals surface area contributed by atoms with Crippen LogP contribution in [-0.4, -0.2) is 54.7 Å². The second kappa shape index (κ2) is 11.2. The van der Waals surface area contributed by atoms with E-state index in [0.717, 1.165) is 60.9 Å². The van der Waals surface area contributed by atoms with Crippen LogP contribution in [0.5, 0.6) is 5.75 Å². The van der Waals surface area contributed by atoms with Gasteiger partial charge in [-0.1, -0.05) is 19.9 Å². The summed E-state index contributed by atoms with van der Waals surface area (Å²) in [6.07, 6.45) is 5.34. The quantitative estimate of drug-likeness (QED) is 0.303. The van der Waals surface area contributed by atoms with Crippen LogP contribution in [0.15, 0.2) is 30.5 Å². The zero-order valence-corrected chi connectivity index (χ0v) is 24.7. The number of ether oxygens (including phenoxy) is 4. The molecule has 1 aliphatic carbocycles. The lowest BCUT2D eigenvalue weighted by molar-refractivity contribution is -0.576. The molecule has 2 aromatic rings. The molecule has 9 atom stereocenters. The molecular weight excluding hydrogens is 526 g/mol. The minimum atomic E-state index is -0.858. The van der Waals surface area contributed by atoms with Gasteiger partial charge in [0.15, 0.2) is 11.9 Å². The van der Waals surface area contributed by atoms with E-state index in [0.29, 0.717) is 12.5 Å². The molecular formula is C31H43N3O7. The number of carbonyl (C=O) groups is 1. The van der Waals surface area contributed by atoms with Crippen LogP contribution < -0.4 is 15.4 Å². The minimum absolute atomic E-state index is 0.0582. The zero-order valence-electron chi connectivity index (χ0n) is 24.7. The summed E-state index contributed by atoms with van der Waals surface area (Å²) in [5, 5.41) is 7.47. The van der Waals surface area contributed by atoms with Crippen molar-refractivity contribution in [2.75, 3.05) is 19.0 Å². The van der Waals surface area contributed by atoms with E-state index < -0.39 is 30.1 Å². The van der Waals surface area contributed by atoms with E-state index >= 15 is 0 Å². The van der Waals surface area contributed by atoms with Gasteiger partial charge in [-0.3, -0.25) is 4.98 Å². The maximum absolute atomic E-state index is 12.8. The Morgan fingerprint density at radius 1 is 1.20 bits per heavy atom. The number of hydrogen-bond donors (Lipinski definition) is 2. The Morgan fingerprint density at radius 2 is 2.05 bits per heavy atom. The number of nitrogens with one attached hydrogen (secondary N) is 2. The van der Waals surface area contributed by atoms with Crippen molar-refractivity contribution in [3.8, 4) is 5.75 Å². The molecule has 5 fully saturated rings. The van der Waals surface area contributed by atoms with Crippen LogP contribution >= 0.6 is 0 Å². The molecule has 5 aliphatic rings. The number of pyridine rings is 1. The first-order valence-electron chi connectivity index (χ1n) is 15.1. The Bertz CT molecular complexity index is 1260. The van der Waals surface area contributed by atoms with E-state index in [1.54, 1.807) is 13.3 Å². The fourth-order valence-electron chi connectivity index (χ4n) is 7.48. The highest BCUT2D eigenvalue weighted by Crippen LogP contribution is 2.60. The van der Waals surface area contributed by atoms with Crippen molar-refractivity contribution in [2.45, 2.75) is 96.2 Å². The Balaban J connectivity index is 1.02. The van der Waals surface area contributed by atoms with Crippen molar-refractivity contribution in [1.29, 1.82) is 0 Å².